The smallest absolute Gasteiger partial charge is 0.409 e. The summed E-state index contributed by atoms with van der Waals surface area (Å²) in [5, 5.41) is 27.4. The van der Waals surface area contributed by atoms with Crippen LogP contribution in [-0.4, -0.2) is 254 Å². The van der Waals surface area contributed by atoms with E-state index in [1.54, 1.807) is 0 Å². The highest BCUT2D eigenvalue weighted by molar-refractivity contribution is 5.76. The van der Waals surface area contributed by atoms with E-state index in [0.29, 0.717) is 0 Å². The minimum absolute atomic E-state index is 0.000809. The number of nitrogens with two attached hydrogens (primary N) is 4. The molecule has 36 heteroatoms. The van der Waals surface area contributed by atoms with E-state index < -0.39 is 119 Å². The zero-order chi connectivity index (χ0) is 68.6. The Labute approximate surface area is 527 Å². The van der Waals surface area contributed by atoms with Gasteiger partial charge in [0, 0.05) is 122 Å². The molecule has 0 heterocycles. The fourth-order valence-electron chi connectivity index (χ4n) is 10.2. The number of urea groups is 6. The van der Waals surface area contributed by atoms with Crippen LogP contribution in [0.2, 0.25) is 0 Å². The molecule has 36 nitrogen and oxygen atoms in total. The van der Waals surface area contributed by atoms with Gasteiger partial charge in [-0.1, -0.05) is 0 Å². The highest BCUT2D eigenvalue weighted by Crippen LogP contribution is 2.46. The largest absolute Gasteiger partial charge is 0.450 e. The van der Waals surface area contributed by atoms with Crippen molar-refractivity contribution in [3.63, 3.8) is 0 Å². The van der Waals surface area contributed by atoms with Gasteiger partial charge >= 0.3 is 72.7 Å². The maximum Gasteiger partial charge on any atom is 0.409 e. The van der Waals surface area contributed by atoms with Gasteiger partial charge in [-0.05, 0) is 113 Å². The van der Waals surface area contributed by atoms with Crippen LogP contribution in [-0.2, 0) is 28.4 Å². The van der Waals surface area contributed by atoms with Gasteiger partial charge in [-0.25, -0.2) is 57.5 Å². The number of carbonyl (C=O) groups is 12. The maximum absolute atomic E-state index is 15.0. The van der Waals surface area contributed by atoms with Crippen LogP contribution in [0.25, 0.3) is 0 Å². The highest BCUT2D eigenvalue weighted by Gasteiger charge is 2.50. The normalized spacial score (nSPS) is 14.0. The third-order valence-corrected chi connectivity index (χ3v) is 14.8. The zero-order valence-corrected chi connectivity index (χ0v) is 54.5. The van der Waals surface area contributed by atoms with E-state index >= 15 is 0 Å². The first-order valence-corrected chi connectivity index (χ1v) is 29.5. The molecule has 8 atom stereocenters. The second-order valence-corrected chi connectivity index (χ2v) is 22.5. The molecule has 8 unspecified atom stereocenters. The number of hydrogen-bond donors (Lipinski definition) is 14. The predicted molar refractivity (Wildman–Crippen MR) is 328 cm³/mol. The standard InChI is InChI=1S/C54H104N18O18/c1-59-45(77)64-21-15-39(54(68-48(80)70(7)8,28-36(14-20-63-41(55)73)32-66-46(78)60-2)29-37(31-65-42(56)74)17-25-88-51(83)71(9)10)27-40(26-35(16-24-87-49(81)61-3)33-90-52(84)72(11)12)53(67-47(79)69(5)6,19-13-22-85-43(57)75)30-38(18-23-86-44(58)76)34-89-50(82)62-4/h35-40H,13-34H2,1-12H3,(H2,57,75)(H2,58,76)(H,61,81)(H,62,82)(H,67,79)(H,68,80)(H3,55,63,73)(H3,56,65,74)(H2,59,64,77)(H2,60,66,78). The van der Waals surface area contributed by atoms with Gasteiger partial charge in [-0.2, -0.15) is 0 Å². The molecule has 0 fully saturated rings. The van der Waals surface area contributed by atoms with Crippen LogP contribution < -0.4 is 76.1 Å². The first kappa shape index (κ1) is 81.2. The van der Waals surface area contributed by atoms with Crippen LogP contribution >= 0.6 is 0 Å². The number of hydrogen-bond acceptors (Lipinski definition) is 18. The quantitative estimate of drug-likeness (QED) is 0.0298. The minimum atomic E-state index is -1.65. The molecule has 18 N–H and O–H groups in total. The molecule has 0 bridgehead atoms. The van der Waals surface area contributed by atoms with Crippen LogP contribution in [0.5, 0.6) is 0 Å². The molecule has 0 aromatic carbocycles. The Bertz CT molecular complexity index is 2270. The number of nitrogens with one attached hydrogen (secondary N) is 10. The van der Waals surface area contributed by atoms with Crippen molar-refractivity contribution in [1.82, 2.24) is 72.8 Å². The molecule has 0 aliphatic rings. The van der Waals surface area contributed by atoms with Crippen LogP contribution in [0.4, 0.5) is 57.5 Å². The Kier molecular flexibility index (Phi) is 39.5. The summed E-state index contributed by atoms with van der Waals surface area (Å²) in [4.78, 5) is 162. The van der Waals surface area contributed by atoms with Gasteiger partial charge in [0.15, 0.2) is 0 Å². The fraction of sp³-hybridized carbons (Fsp3) is 0.778. The molecule has 0 aromatic heterocycles. The Morgan fingerprint density at radius 3 is 1.39 bits per heavy atom. The number of rotatable bonds is 41. The molecule has 0 radical (unpaired) electrons. The molecular weight excluding hydrogens is 1190 g/mol. The van der Waals surface area contributed by atoms with Crippen LogP contribution in [0.3, 0.4) is 0 Å². The van der Waals surface area contributed by atoms with Gasteiger partial charge in [-0.3, -0.25) is 0 Å². The summed E-state index contributed by atoms with van der Waals surface area (Å²) in [6, 6.07) is -4.34. The molecule has 0 aliphatic carbocycles. The lowest BCUT2D eigenvalue weighted by Gasteiger charge is -2.51. The monoisotopic (exact) mass is 1290 g/mol. The lowest BCUT2D eigenvalue weighted by atomic mass is 9.61. The molecule has 0 aliphatic heterocycles. The summed E-state index contributed by atoms with van der Waals surface area (Å²) >= 11 is 0. The number of nitrogens with zero attached hydrogens (tertiary/aromatic N) is 4. The van der Waals surface area contributed by atoms with E-state index in [9.17, 15) is 57.5 Å². The summed E-state index contributed by atoms with van der Waals surface area (Å²) in [6.45, 7) is -2.29. The Morgan fingerprint density at radius 1 is 0.411 bits per heavy atom. The molecule has 0 saturated carbocycles. The van der Waals surface area contributed by atoms with Crippen molar-refractivity contribution >= 4 is 72.7 Å². The molecule has 90 heavy (non-hydrogen) atoms. The van der Waals surface area contributed by atoms with Crippen LogP contribution in [0.15, 0.2) is 0 Å². The second kappa shape index (κ2) is 43.8. The van der Waals surface area contributed by atoms with E-state index in [1.165, 1.54) is 104 Å². The maximum atomic E-state index is 15.0. The number of primary amides is 4. The Balaban J connectivity index is 10.2. The fourth-order valence-corrected chi connectivity index (χ4v) is 10.2. The van der Waals surface area contributed by atoms with Gasteiger partial charge in [0.05, 0.1) is 39.6 Å². The SMILES string of the molecule is CNC(=O)NCCC(CC(CC(CCOC(=O)NC)COC(=O)N(C)C)C(CCCOC(N)=O)(CC(CCOC(N)=O)COC(=O)NC)NC(=O)N(C)C)C(CC(CCOC(=O)N(C)C)CNC(N)=O)(CC(CCNC(N)=O)CNC(=O)NC)NC(=O)N(C)C. The summed E-state index contributed by atoms with van der Waals surface area (Å²) in [6.07, 6.45) is -6.04. The zero-order valence-electron chi connectivity index (χ0n) is 54.5. The minimum Gasteiger partial charge on any atom is -0.450 e. The van der Waals surface area contributed by atoms with Crippen LogP contribution in [0.1, 0.15) is 77.0 Å². The van der Waals surface area contributed by atoms with Crippen molar-refractivity contribution in [2.45, 2.75) is 88.1 Å². The molecule has 18 amide bonds. The third-order valence-electron chi connectivity index (χ3n) is 14.8. The lowest BCUT2D eigenvalue weighted by molar-refractivity contribution is 0.0280. The van der Waals surface area contributed by atoms with Crippen LogP contribution in [0, 0.1) is 35.5 Å². The Hall–Kier alpha value is -8.76. The predicted octanol–water partition coefficient (Wildman–Crippen LogP) is 0.878. The molecule has 518 valence electrons. The lowest BCUT2D eigenvalue weighted by Crippen LogP contribution is -2.62. The van der Waals surface area contributed by atoms with E-state index in [-0.39, 0.29) is 143 Å². The van der Waals surface area contributed by atoms with Crippen molar-refractivity contribution in [2.24, 2.45) is 58.4 Å². The summed E-state index contributed by atoms with van der Waals surface area (Å²) in [5.74, 6) is -5.11. The number of amides is 18. The van der Waals surface area contributed by atoms with Gasteiger partial charge in [-0.15, -0.1) is 0 Å². The highest BCUT2D eigenvalue weighted by atomic mass is 16.6. The summed E-state index contributed by atoms with van der Waals surface area (Å²) in [5.41, 5.74) is 18.9. The first-order valence-electron chi connectivity index (χ1n) is 29.5. The van der Waals surface area contributed by atoms with Gasteiger partial charge in [0.1, 0.15) is 0 Å². The van der Waals surface area contributed by atoms with Crippen molar-refractivity contribution in [3.8, 4) is 0 Å². The molecule has 0 saturated heterocycles. The van der Waals surface area contributed by atoms with Gasteiger partial charge in [0.2, 0.25) is 0 Å². The number of alkyl carbamates (subject to hydrolysis) is 2. The molecule has 0 aromatic rings. The average molecular weight is 1290 g/mol. The third kappa shape index (κ3) is 34.7. The van der Waals surface area contributed by atoms with E-state index in [2.05, 4.69) is 53.2 Å². The second-order valence-electron chi connectivity index (χ2n) is 22.5. The van der Waals surface area contributed by atoms with E-state index in [4.69, 9.17) is 51.4 Å². The van der Waals surface area contributed by atoms with Crippen molar-refractivity contribution in [2.75, 3.05) is 150 Å². The van der Waals surface area contributed by atoms with E-state index in [1.807, 2.05) is 0 Å². The van der Waals surface area contributed by atoms with Crippen molar-refractivity contribution in [3.05, 3.63) is 0 Å². The summed E-state index contributed by atoms with van der Waals surface area (Å²) < 4.78 is 33.2. The van der Waals surface area contributed by atoms with E-state index in [0.717, 1.165) is 0 Å². The molecule has 0 spiro atoms. The number of ether oxygens (including phenoxy) is 6. The van der Waals surface area contributed by atoms with Gasteiger partial charge < -0.3 is 124 Å². The van der Waals surface area contributed by atoms with Gasteiger partial charge in [0.25, 0.3) is 0 Å². The molecule has 0 rings (SSSR count). The topological polar surface area (TPSA) is 498 Å². The van der Waals surface area contributed by atoms with Crippen molar-refractivity contribution < 1.29 is 86.0 Å². The first-order chi connectivity index (χ1) is 42.3. The Morgan fingerprint density at radius 2 is 0.856 bits per heavy atom. The van der Waals surface area contributed by atoms with Crippen molar-refractivity contribution in [1.29, 1.82) is 0 Å². The average Bonchev–Trinajstić information content (AvgIpc) is 0.805. The number of carbonyl (C=O) groups excluding carboxylic acids is 12. The summed E-state index contributed by atoms with van der Waals surface area (Å²) in [7, 11) is 17.3. The molecular formula is C54H104N18O18.